The van der Waals surface area contributed by atoms with Crippen molar-refractivity contribution in [2.24, 2.45) is 5.41 Å². The van der Waals surface area contributed by atoms with Crippen LogP contribution in [0.2, 0.25) is 0 Å². The predicted molar refractivity (Wildman–Crippen MR) is 84.5 cm³/mol. The van der Waals surface area contributed by atoms with E-state index in [2.05, 4.69) is 24.5 Å². The molecule has 2 N–H and O–H groups in total. The Labute approximate surface area is 129 Å². The maximum atomic E-state index is 11.5. The summed E-state index contributed by atoms with van der Waals surface area (Å²) in [6, 6.07) is 0.943. The molecule has 0 aromatic heterocycles. The van der Waals surface area contributed by atoms with Crippen molar-refractivity contribution in [3.8, 4) is 0 Å². The van der Waals surface area contributed by atoms with Crippen LogP contribution in [0.3, 0.4) is 0 Å². The maximum Gasteiger partial charge on any atom is 0.407 e. The van der Waals surface area contributed by atoms with Crippen molar-refractivity contribution in [2.45, 2.75) is 71.6 Å². The second-order valence-corrected chi connectivity index (χ2v) is 7.64. The average molecular weight is 300 g/mol. The van der Waals surface area contributed by atoms with Gasteiger partial charge in [-0.1, -0.05) is 13.8 Å². The van der Waals surface area contributed by atoms with Crippen LogP contribution in [0.25, 0.3) is 0 Å². The summed E-state index contributed by atoms with van der Waals surface area (Å²) < 4.78 is 10.5. The Balaban J connectivity index is 2.17. The van der Waals surface area contributed by atoms with E-state index in [-0.39, 0.29) is 6.09 Å². The summed E-state index contributed by atoms with van der Waals surface area (Å²) in [5, 5.41) is 6.43. The minimum Gasteiger partial charge on any atom is -0.444 e. The van der Waals surface area contributed by atoms with Gasteiger partial charge in [-0.05, 0) is 45.4 Å². The van der Waals surface area contributed by atoms with E-state index in [4.69, 9.17) is 9.47 Å². The zero-order chi connectivity index (χ0) is 16.1. The van der Waals surface area contributed by atoms with Crippen LogP contribution in [-0.2, 0) is 9.47 Å². The third-order valence-corrected chi connectivity index (χ3v) is 3.72. The Morgan fingerprint density at radius 2 is 2.00 bits per heavy atom. The van der Waals surface area contributed by atoms with Crippen LogP contribution in [0.4, 0.5) is 4.79 Å². The van der Waals surface area contributed by atoms with Crippen molar-refractivity contribution in [1.82, 2.24) is 10.6 Å². The van der Waals surface area contributed by atoms with E-state index < -0.39 is 5.60 Å². The molecule has 0 heterocycles. The zero-order valence-electron chi connectivity index (χ0n) is 14.4. The van der Waals surface area contributed by atoms with Crippen molar-refractivity contribution < 1.29 is 14.3 Å². The normalized spacial score (nSPS) is 21.7. The minimum atomic E-state index is -0.443. The Morgan fingerprint density at radius 1 is 1.38 bits per heavy atom. The number of alkyl carbamates (subject to hydrolysis) is 1. The van der Waals surface area contributed by atoms with Crippen LogP contribution in [-0.4, -0.2) is 44.0 Å². The van der Waals surface area contributed by atoms with Gasteiger partial charge in [0.05, 0.1) is 6.61 Å². The van der Waals surface area contributed by atoms with E-state index in [1.165, 1.54) is 6.42 Å². The summed E-state index contributed by atoms with van der Waals surface area (Å²) in [6.07, 6.45) is 2.77. The minimum absolute atomic E-state index is 0.345. The van der Waals surface area contributed by atoms with E-state index in [0.717, 1.165) is 12.8 Å². The lowest BCUT2D eigenvalue weighted by atomic mass is 10.1. The molecular formula is C16H32N2O3. The molecule has 2 atom stereocenters. The molecular weight excluding hydrogens is 268 g/mol. The molecule has 1 rings (SSSR count). The number of hydrogen-bond acceptors (Lipinski definition) is 4. The van der Waals surface area contributed by atoms with Crippen LogP contribution >= 0.6 is 0 Å². The Hall–Kier alpha value is -0.810. The first-order valence-electron chi connectivity index (χ1n) is 7.86. The van der Waals surface area contributed by atoms with Gasteiger partial charge >= 0.3 is 6.09 Å². The second kappa shape index (κ2) is 7.45. The molecule has 1 aliphatic rings. The molecule has 1 aliphatic carbocycles. The number of nitrogens with one attached hydrogen (secondary N) is 2. The lowest BCUT2D eigenvalue weighted by molar-refractivity contribution is 0.0526. The van der Waals surface area contributed by atoms with Crippen LogP contribution in [0.5, 0.6) is 0 Å². The molecule has 1 saturated carbocycles. The van der Waals surface area contributed by atoms with Gasteiger partial charge in [0.1, 0.15) is 5.60 Å². The standard InChI is InChI=1S/C16H32N2O3/c1-15(2,3)21-14(19)17-9-7-8-12(11-20-6)18-13-10-16(13,4)5/h12-13,18H,7-11H2,1-6H3,(H,17,19). The summed E-state index contributed by atoms with van der Waals surface area (Å²) in [5.74, 6) is 0. The van der Waals surface area contributed by atoms with Crippen molar-refractivity contribution in [3.63, 3.8) is 0 Å². The van der Waals surface area contributed by atoms with Crippen molar-refractivity contribution in [1.29, 1.82) is 0 Å². The first-order chi connectivity index (χ1) is 9.64. The van der Waals surface area contributed by atoms with E-state index >= 15 is 0 Å². The molecule has 2 unspecified atom stereocenters. The highest BCUT2D eigenvalue weighted by molar-refractivity contribution is 5.67. The molecule has 0 aromatic rings. The molecule has 0 aromatic carbocycles. The molecule has 0 bridgehead atoms. The largest absolute Gasteiger partial charge is 0.444 e. The number of rotatable bonds is 8. The first kappa shape index (κ1) is 18.2. The van der Waals surface area contributed by atoms with Crippen LogP contribution in [0.15, 0.2) is 0 Å². The summed E-state index contributed by atoms with van der Waals surface area (Å²) in [6.45, 7) is 11.5. The number of amides is 1. The van der Waals surface area contributed by atoms with Gasteiger partial charge < -0.3 is 20.1 Å². The number of carbonyl (C=O) groups is 1. The van der Waals surface area contributed by atoms with Gasteiger partial charge in [0.25, 0.3) is 0 Å². The zero-order valence-corrected chi connectivity index (χ0v) is 14.4. The van der Waals surface area contributed by atoms with Crippen molar-refractivity contribution in [2.75, 3.05) is 20.3 Å². The molecule has 0 spiro atoms. The van der Waals surface area contributed by atoms with Gasteiger partial charge in [0.15, 0.2) is 0 Å². The molecule has 21 heavy (non-hydrogen) atoms. The monoisotopic (exact) mass is 300 g/mol. The van der Waals surface area contributed by atoms with Gasteiger partial charge in [-0.15, -0.1) is 0 Å². The molecule has 1 fully saturated rings. The number of carbonyl (C=O) groups excluding carboxylic acids is 1. The molecule has 0 radical (unpaired) electrons. The van der Waals surface area contributed by atoms with Crippen molar-refractivity contribution in [3.05, 3.63) is 0 Å². The molecule has 0 saturated heterocycles. The van der Waals surface area contributed by atoms with E-state index in [9.17, 15) is 4.79 Å². The highest BCUT2D eigenvalue weighted by Gasteiger charge is 2.46. The van der Waals surface area contributed by atoms with Gasteiger partial charge in [-0.3, -0.25) is 0 Å². The number of hydrogen-bond donors (Lipinski definition) is 2. The Kier molecular flexibility index (Phi) is 6.47. The quantitative estimate of drug-likeness (QED) is 0.677. The van der Waals surface area contributed by atoms with Crippen LogP contribution < -0.4 is 10.6 Å². The van der Waals surface area contributed by atoms with E-state index in [0.29, 0.717) is 30.7 Å². The highest BCUT2D eigenvalue weighted by atomic mass is 16.6. The molecule has 1 amide bonds. The summed E-state index contributed by atoms with van der Waals surface area (Å²) in [7, 11) is 1.73. The maximum absolute atomic E-state index is 11.5. The Morgan fingerprint density at radius 3 is 2.48 bits per heavy atom. The van der Waals surface area contributed by atoms with E-state index in [1.807, 2.05) is 20.8 Å². The fraction of sp³-hybridized carbons (Fsp3) is 0.938. The first-order valence-corrected chi connectivity index (χ1v) is 7.86. The molecule has 0 aliphatic heterocycles. The van der Waals surface area contributed by atoms with Gasteiger partial charge in [-0.2, -0.15) is 0 Å². The third kappa shape index (κ3) is 7.67. The third-order valence-electron chi connectivity index (χ3n) is 3.72. The molecule has 5 heteroatoms. The van der Waals surface area contributed by atoms with Crippen LogP contribution in [0.1, 0.15) is 53.9 Å². The number of ether oxygens (including phenoxy) is 2. The van der Waals surface area contributed by atoms with E-state index in [1.54, 1.807) is 7.11 Å². The van der Waals surface area contributed by atoms with Crippen molar-refractivity contribution >= 4 is 6.09 Å². The lowest BCUT2D eigenvalue weighted by Gasteiger charge is -2.21. The highest BCUT2D eigenvalue weighted by Crippen LogP contribution is 2.44. The SMILES string of the molecule is COCC(CCCNC(=O)OC(C)(C)C)NC1CC1(C)C. The van der Waals surface area contributed by atoms with Gasteiger partial charge in [0, 0.05) is 25.7 Å². The van der Waals surface area contributed by atoms with Gasteiger partial charge in [0.2, 0.25) is 0 Å². The topological polar surface area (TPSA) is 59.6 Å². The fourth-order valence-electron chi connectivity index (χ4n) is 2.31. The summed E-state index contributed by atoms with van der Waals surface area (Å²) >= 11 is 0. The predicted octanol–water partition coefficient (Wildman–Crippen LogP) is 2.69. The summed E-state index contributed by atoms with van der Waals surface area (Å²) in [5.41, 5.74) is -0.0253. The summed E-state index contributed by atoms with van der Waals surface area (Å²) in [4.78, 5) is 11.5. The lowest BCUT2D eigenvalue weighted by Crippen LogP contribution is -2.38. The van der Waals surface area contributed by atoms with Crippen LogP contribution in [0, 0.1) is 5.41 Å². The Bertz CT molecular complexity index is 337. The molecule has 5 nitrogen and oxygen atoms in total. The second-order valence-electron chi connectivity index (χ2n) is 7.64. The smallest absolute Gasteiger partial charge is 0.407 e. The molecule has 124 valence electrons. The average Bonchev–Trinajstić information content (AvgIpc) is 2.90. The van der Waals surface area contributed by atoms with Gasteiger partial charge in [-0.25, -0.2) is 4.79 Å². The number of methoxy groups -OCH3 is 1. The fourth-order valence-corrected chi connectivity index (χ4v) is 2.31.